The van der Waals surface area contributed by atoms with Gasteiger partial charge in [-0.2, -0.15) is 0 Å². The minimum absolute atomic E-state index is 0.000532. The number of allylic oxidation sites excluding steroid dienone is 2. The molecule has 0 saturated carbocycles. The molecule has 0 fully saturated rings. The van der Waals surface area contributed by atoms with Crippen molar-refractivity contribution in [3.05, 3.63) is 40.5 Å². The van der Waals surface area contributed by atoms with Crippen molar-refractivity contribution in [1.29, 1.82) is 0 Å². The number of carbonyl (C=O) groups excluding carboxylic acids is 1. The summed E-state index contributed by atoms with van der Waals surface area (Å²) < 4.78 is 0. The normalized spacial score (nSPS) is 26.1. The fourth-order valence-corrected chi connectivity index (χ4v) is 3.89. The highest BCUT2D eigenvalue weighted by atomic mass is 16.3. The quantitative estimate of drug-likeness (QED) is 0.832. The lowest BCUT2D eigenvalue weighted by Gasteiger charge is -2.42. The number of hydrogen-bond acceptors (Lipinski definition) is 2. The Hall–Kier alpha value is -1.57. The fraction of sp³-hybridized carbons (Fsp3) is 0.471. The molecule has 1 aromatic carbocycles. The van der Waals surface area contributed by atoms with Crippen LogP contribution in [0.15, 0.2) is 29.3 Å². The number of hydrogen-bond donors (Lipinski definition) is 1. The molecule has 100 valence electrons. The Bertz CT molecular complexity index is 583. The highest BCUT2D eigenvalue weighted by Crippen LogP contribution is 2.49. The van der Waals surface area contributed by atoms with Gasteiger partial charge in [0.05, 0.1) is 0 Å². The van der Waals surface area contributed by atoms with E-state index >= 15 is 0 Å². The van der Waals surface area contributed by atoms with Crippen LogP contribution < -0.4 is 0 Å². The van der Waals surface area contributed by atoms with Crippen molar-refractivity contribution in [2.75, 3.05) is 0 Å². The average molecular weight is 256 g/mol. The first-order valence-corrected chi connectivity index (χ1v) is 7.14. The first-order valence-electron chi connectivity index (χ1n) is 7.14. The van der Waals surface area contributed by atoms with Crippen LogP contribution in [0, 0.1) is 0 Å². The topological polar surface area (TPSA) is 37.3 Å². The molecule has 0 heterocycles. The molecule has 0 unspecified atom stereocenters. The van der Waals surface area contributed by atoms with Gasteiger partial charge in [0, 0.05) is 11.8 Å². The van der Waals surface area contributed by atoms with Crippen LogP contribution in [0.3, 0.4) is 0 Å². The maximum absolute atomic E-state index is 12.1. The molecule has 0 spiro atoms. The molecular weight excluding hydrogens is 236 g/mol. The monoisotopic (exact) mass is 256 g/mol. The van der Waals surface area contributed by atoms with Gasteiger partial charge in [0.25, 0.3) is 0 Å². The second kappa shape index (κ2) is 4.22. The molecule has 0 aliphatic heterocycles. The minimum atomic E-state index is 0.000532. The second-order valence-electron chi connectivity index (χ2n) is 5.91. The maximum atomic E-state index is 12.1. The van der Waals surface area contributed by atoms with Crippen LogP contribution in [0.5, 0.6) is 5.75 Å². The van der Waals surface area contributed by atoms with Gasteiger partial charge in [0.15, 0.2) is 5.78 Å². The Kier molecular flexibility index (Phi) is 2.77. The zero-order valence-corrected chi connectivity index (χ0v) is 11.6. The maximum Gasteiger partial charge on any atom is 0.158 e. The molecule has 1 aromatic rings. The van der Waals surface area contributed by atoms with Gasteiger partial charge in [0.2, 0.25) is 0 Å². The first kappa shape index (κ1) is 12.5. The van der Waals surface area contributed by atoms with E-state index in [4.69, 9.17) is 0 Å². The number of fused-ring (bicyclic) bond motifs is 3. The minimum Gasteiger partial charge on any atom is -0.508 e. The lowest BCUT2D eigenvalue weighted by molar-refractivity contribution is -0.116. The van der Waals surface area contributed by atoms with Gasteiger partial charge in [-0.3, -0.25) is 4.79 Å². The summed E-state index contributed by atoms with van der Waals surface area (Å²) in [5.41, 5.74) is 4.97. The molecule has 0 radical (unpaired) electrons. The Balaban J connectivity index is 2.21. The number of carbonyl (C=O) groups is 1. The van der Waals surface area contributed by atoms with Crippen molar-refractivity contribution >= 4 is 5.78 Å². The molecule has 0 amide bonds. The van der Waals surface area contributed by atoms with Crippen molar-refractivity contribution in [3.63, 3.8) is 0 Å². The van der Waals surface area contributed by atoms with Gasteiger partial charge in [-0.25, -0.2) is 0 Å². The molecule has 2 aliphatic carbocycles. The van der Waals surface area contributed by atoms with Gasteiger partial charge < -0.3 is 5.11 Å². The number of phenolic OH excluding ortho intramolecular Hbond substituents is 1. The van der Waals surface area contributed by atoms with E-state index in [-0.39, 0.29) is 5.41 Å². The van der Waals surface area contributed by atoms with Gasteiger partial charge in [0.1, 0.15) is 5.75 Å². The summed E-state index contributed by atoms with van der Waals surface area (Å²) in [6.07, 6.45) is 4.30. The fourth-order valence-electron chi connectivity index (χ4n) is 3.89. The van der Waals surface area contributed by atoms with E-state index in [2.05, 4.69) is 13.8 Å². The highest BCUT2D eigenvalue weighted by molar-refractivity contribution is 5.97. The Labute approximate surface area is 114 Å². The van der Waals surface area contributed by atoms with E-state index in [1.54, 1.807) is 6.07 Å². The number of phenols is 1. The number of ketones is 1. The van der Waals surface area contributed by atoms with E-state index in [9.17, 15) is 9.90 Å². The van der Waals surface area contributed by atoms with E-state index in [1.807, 2.05) is 12.1 Å². The van der Waals surface area contributed by atoms with Crippen LogP contribution in [0.1, 0.15) is 50.7 Å². The molecule has 0 saturated heterocycles. The Morgan fingerprint density at radius 2 is 2.05 bits per heavy atom. The predicted molar refractivity (Wildman–Crippen MR) is 75.3 cm³/mol. The van der Waals surface area contributed by atoms with E-state index < -0.39 is 0 Å². The molecule has 0 aromatic heterocycles. The SMILES string of the molecule is CCC1=C2CCc3cc(O)ccc3[C@]2(C)CCC1=O. The lowest BCUT2D eigenvalue weighted by Crippen LogP contribution is -2.36. The summed E-state index contributed by atoms with van der Waals surface area (Å²) >= 11 is 0. The van der Waals surface area contributed by atoms with E-state index in [0.717, 1.165) is 31.3 Å². The summed E-state index contributed by atoms with van der Waals surface area (Å²) in [6.45, 7) is 4.35. The number of Topliss-reactive ketones (excluding diaryl/α,β-unsaturated/α-hetero) is 1. The predicted octanol–water partition coefficient (Wildman–Crippen LogP) is 3.67. The van der Waals surface area contributed by atoms with Crippen molar-refractivity contribution in [2.45, 2.75) is 51.4 Å². The molecule has 1 atom stereocenters. The number of benzene rings is 1. The summed E-state index contributed by atoms with van der Waals surface area (Å²) in [5, 5.41) is 9.64. The van der Waals surface area contributed by atoms with Crippen LogP contribution >= 0.6 is 0 Å². The van der Waals surface area contributed by atoms with Crippen molar-refractivity contribution in [3.8, 4) is 5.75 Å². The van der Waals surface area contributed by atoms with Crippen LogP contribution in [0.2, 0.25) is 0 Å². The molecule has 3 rings (SSSR count). The molecule has 1 N–H and O–H groups in total. The third kappa shape index (κ3) is 1.73. The molecule has 19 heavy (non-hydrogen) atoms. The molecule has 2 nitrogen and oxygen atoms in total. The van der Waals surface area contributed by atoms with Gasteiger partial charge in [-0.15, -0.1) is 0 Å². The van der Waals surface area contributed by atoms with Crippen LogP contribution in [-0.2, 0) is 16.6 Å². The Morgan fingerprint density at radius 3 is 2.79 bits per heavy atom. The van der Waals surface area contributed by atoms with Crippen molar-refractivity contribution in [2.24, 2.45) is 0 Å². The first-order chi connectivity index (χ1) is 9.06. The summed E-state index contributed by atoms with van der Waals surface area (Å²) in [5.74, 6) is 0.689. The van der Waals surface area contributed by atoms with Gasteiger partial charge >= 0.3 is 0 Å². The standard InChI is InChI=1S/C17H20O2/c1-3-13-15-6-4-11-10-12(18)5-7-14(11)17(15,2)9-8-16(13)19/h5,7,10,18H,3-4,6,8-9H2,1-2H3/t17-/m0/s1. The molecular formula is C17H20O2. The summed E-state index contributed by atoms with van der Waals surface area (Å²) in [6, 6.07) is 5.71. The number of aromatic hydroxyl groups is 1. The zero-order valence-electron chi connectivity index (χ0n) is 11.6. The summed E-state index contributed by atoms with van der Waals surface area (Å²) in [4.78, 5) is 12.1. The highest BCUT2D eigenvalue weighted by Gasteiger charge is 2.41. The lowest BCUT2D eigenvalue weighted by atomic mass is 9.61. The van der Waals surface area contributed by atoms with Crippen molar-refractivity contribution < 1.29 is 9.90 Å². The number of rotatable bonds is 1. The van der Waals surface area contributed by atoms with Gasteiger partial charge in [-0.1, -0.05) is 25.5 Å². The third-order valence-corrected chi connectivity index (χ3v) is 4.90. The van der Waals surface area contributed by atoms with E-state index in [0.29, 0.717) is 18.0 Å². The average Bonchev–Trinajstić information content (AvgIpc) is 2.39. The van der Waals surface area contributed by atoms with Crippen LogP contribution in [-0.4, -0.2) is 10.9 Å². The van der Waals surface area contributed by atoms with Gasteiger partial charge in [-0.05, 0) is 54.5 Å². The second-order valence-corrected chi connectivity index (χ2v) is 5.91. The van der Waals surface area contributed by atoms with Crippen LogP contribution in [0.4, 0.5) is 0 Å². The Morgan fingerprint density at radius 1 is 1.26 bits per heavy atom. The molecule has 2 heteroatoms. The largest absolute Gasteiger partial charge is 0.508 e. The molecule has 0 bridgehead atoms. The van der Waals surface area contributed by atoms with Crippen molar-refractivity contribution in [1.82, 2.24) is 0 Å². The van der Waals surface area contributed by atoms with Crippen LogP contribution in [0.25, 0.3) is 0 Å². The van der Waals surface area contributed by atoms with E-state index in [1.165, 1.54) is 16.7 Å². The summed E-state index contributed by atoms with van der Waals surface area (Å²) in [7, 11) is 0. The number of aryl methyl sites for hydroxylation is 1. The molecule has 2 aliphatic rings. The smallest absolute Gasteiger partial charge is 0.158 e. The zero-order chi connectivity index (χ0) is 13.6. The third-order valence-electron chi connectivity index (χ3n) is 4.90.